The van der Waals surface area contributed by atoms with Gasteiger partial charge in [-0.25, -0.2) is 9.37 Å². The summed E-state index contributed by atoms with van der Waals surface area (Å²) in [5, 5.41) is 3.09. The van der Waals surface area contributed by atoms with Crippen molar-refractivity contribution >= 4 is 16.8 Å². The van der Waals surface area contributed by atoms with Gasteiger partial charge in [0.25, 0.3) is 5.56 Å². The number of rotatable bonds is 7. The summed E-state index contributed by atoms with van der Waals surface area (Å²) in [7, 11) is 0. The van der Waals surface area contributed by atoms with E-state index in [1.54, 1.807) is 0 Å². The molecule has 0 aliphatic carbocycles. The van der Waals surface area contributed by atoms with Crippen LogP contribution in [0.2, 0.25) is 0 Å². The number of nitrogens with one attached hydrogen (secondary N) is 1. The third kappa shape index (κ3) is 4.13. The Kier molecular flexibility index (Phi) is 5.63. The highest BCUT2D eigenvalue weighted by Gasteiger charge is 2.08. The Morgan fingerprint density at radius 1 is 1.32 bits per heavy atom. The predicted molar refractivity (Wildman–Crippen MR) is 83.1 cm³/mol. The van der Waals surface area contributed by atoms with Crippen LogP contribution >= 0.6 is 0 Å². The molecular weight excluding hydrogens is 285 g/mol. The molecule has 1 heterocycles. The summed E-state index contributed by atoms with van der Waals surface area (Å²) in [5.41, 5.74) is -0.0487. The van der Waals surface area contributed by atoms with Gasteiger partial charge in [0.15, 0.2) is 0 Å². The fourth-order valence-electron chi connectivity index (χ4n) is 2.23. The minimum absolute atomic E-state index is 0.0765. The van der Waals surface area contributed by atoms with Gasteiger partial charge >= 0.3 is 0 Å². The van der Waals surface area contributed by atoms with Crippen molar-refractivity contribution in [2.24, 2.45) is 0 Å². The molecule has 0 spiro atoms. The molecule has 2 rings (SSSR count). The number of unbranched alkanes of at least 4 members (excludes halogenated alkanes) is 3. The van der Waals surface area contributed by atoms with E-state index in [0.29, 0.717) is 17.4 Å². The van der Waals surface area contributed by atoms with Gasteiger partial charge in [0.1, 0.15) is 12.4 Å². The van der Waals surface area contributed by atoms with Crippen molar-refractivity contribution in [3.05, 3.63) is 40.7 Å². The van der Waals surface area contributed by atoms with Gasteiger partial charge in [-0.05, 0) is 18.6 Å². The van der Waals surface area contributed by atoms with E-state index in [2.05, 4.69) is 17.2 Å². The van der Waals surface area contributed by atoms with Gasteiger partial charge in [-0.2, -0.15) is 0 Å². The third-order valence-corrected chi connectivity index (χ3v) is 3.45. The first kappa shape index (κ1) is 16.1. The van der Waals surface area contributed by atoms with Crippen LogP contribution in [0.15, 0.2) is 29.3 Å². The molecule has 0 aliphatic rings. The first-order valence-corrected chi connectivity index (χ1v) is 7.53. The molecule has 0 unspecified atom stereocenters. The van der Waals surface area contributed by atoms with E-state index in [1.807, 2.05) is 0 Å². The van der Waals surface area contributed by atoms with Gasteiger partial charge in [-0.15, -0.1) is 0 Å². The smallest absolute Gasteiger partial charge is 0.261 e. The van der Waals surface area contributed by atoms with Gasteiger partial charge in [0.2, 0.25) is 5.91 Å². The second-order valence-corrected chi connectivity index (χ2v) is 5.25. The largest absolute Gasteiger partial charge is 0.355 e. The third-order valence-electron chi connectivity index (χ3n) is 3.45. The topological polar surface area (TPSA) is 64.0 Å². The number of aromatic nitrogens is 2. The zero-order chi connectivity index (χ0) is 15.9. The summed E-state index contributed by atoms with van der Waals surface area (Å²) in [6.45, 7) is 2.66. The minimum atomic E-state index is -0.443. The van der Waals surface area contributed by atoms with Crippen LogP contribution in [0, 0.1) is 5.82 Å². The lowest BCUT2D eigenvalue weighted by molar-refractivity contribution is -0.121. The van der Waals surface area contributed by atoms with Crippen molar-refractivity contribution < 1.29 is 9.18 Å². The molecule has 0 atom stereocenters. The van der Waals surface area contributed by atoms with E-state index >= 15 is 0 Å². The number of carbonyl (C=O) groups is 1. The van der Waals surface area contributed by atoms with Crippen LogP contribution in [0.3, 0.4) is 0 Å². The molecule has 5 nitrogen and oxygen atoms in total. The highest BCUT2D eigenvalue weighted by molar-refractivity contribution is 5.78. The van der Waals surface area contributed by atoms with E-state index in [1.165, 1.54) is 29.1 Å². The van der Waals surface area contributed by atoms with Crippen molar-refractivity contribution in [1.29, 1.82) is 0 Å². The first-order valence-electron chi connectivity index (χ1n) is 7.53. The highest BCUT2D eigenvalue weighted by atomic mass is 19.1. The van der Waals surface area contributed by atoms with Crippen molar-refractivity contribution in [2.75, 3.05) is 6.54 Å². The Balaban J connectivity index is 1.99. The van der Waals surface area contributed by atoms with E-state index in [0.717, 1.165) is 25.7 Å². The molecule has 1 aromatic carbocycles. The number of carbonyl (C=O) groups excluding carboxylic acids is 1. The van der Waals surface area contributed by atoms with E-state index in [9.17, 15) is 14.0 Å². The number of hydrogen-bond donors (Lipinski definition) is 1. The van der Waals surface area contributed by atoms with Crippen molar-refractivity contribution in [3.8, 4) is 0 Å². The summed E-state index contributed by atoms with van der Waals surface area (Å²) in [5.74, 6) is -0.663. The molecule has 118 valence electrons. The van der Waals surface area contributed by atoms with Crippen LogP contribution in [0.25, 0.3) is 10.9 Å². The van der Waals surface area contributed by atoms with E-state index < -0.39 is 5.82 Å². The maximum absolute atomic E-state index is 13.1. The summed E-state index contributed by atoms with van der Waals surface area (Å²) >= 11 is 0. The maximum Gasteiger partial charge on any atom is 0.261 e. The molecule has 1 N–H and O–H groups in total. The molecule has 0 saturated heterocycles. The van der Waals surface area contributed by atoms with E-state index in [-0.39, 0.29) is 18.0 Å². The monoisotopic (exact) mass is 305 g/mol. The number of fused-ring (bicyclic) bond motifs is 1. The van der Waals surface area contributed by atoms with Crippen molar-refractivity contribution in [2.45, 2.75) is 39.2 Å². The molecule has 0 saturated carbocycles. The number of halogens is 1. The van der Waals surface area contributed by atoms with Crippen LogP contribution in [0.4, 0.5) is 4.39 Å². The molecule has 1 aromatic heterocycles. The Labute approximate surface area is 128 Å². The Morgan fingerprint density at radius 3 is 2.91 bits per heavy atom. The van der Waals surface area contributed by atoms with Crippen LogP contribution in [0.5, 0.6) is 0 Å². The molecular formula is C16H20FN3O2. The molecule has 1 amide bonds. The number of amides is 1. The summed E-state index contributed by atoms with van der Waals surface area (Å²) in [4.78, 5) is 28.1. The van der Waals surface area contributed by atoms with E-state index in [4.69, 9.17) is 0 Å². The highest BCUT2D eigenvalue weighted by Crippen LogP contribution is 2.08. The van der Waals surface area contributed by atoms with Crippen molar-refractivity contribution in [3.63, 3.8) is 0 Å². The summed E-state index contributed by atoms with van der Waals surface area (Å²) in [6.07, 6.45) is 5.59. The Hall–Kier alpha value is -2.24. The molecule has 6 heteroatoms. The van der Waals surface area contributed by atoms with Crippen LogP contribution in [-0.2, 0) is 11.3 Å². The number of benzene rings is 1. The average molecular weight is 305 g/mol. The normalized spacial score (nSPS) is 10.8. The fraction of sp³-hybridized carbons (Fsp3) is 0.438. The zero-order valence-corrected chi connectivity index (χ0v) is 12.6. The van der Waals surface area contributed by atoms with Gasteiger partial charge in [-0.3, -0.25) is 14.2 Å². The lowest BCUT2D eigenvalue weighted by Crippen LogP contribution is -2.33. The molecule has 0 bridgehead atoms. The number of nitrogens with zero attached hydrogens (tertiary/aromatic N) is 2. The average Bonchev–Trinajstić information content (AvgIpc) is 2.50. The Morgan fingerprint density at radius 2 is 2.14 bits per heavy atom. The van der Waals surface area contributed by atoms with Crippen LogP contribution < -0.4 is 10.9 Å². The molecule has 2 aromatic rings. The quantitative estimate of drug-likeness (QED) is 0.798. The summed E-state index contributed by atoms with van der Waals surface area (Å²) in [6, 6.07) is 3.80. The standard InChI is InChI=1S/C16H20FN3O2/c1-2-3-4-5-8-18-15(21)10-20-11-19-14-9-12(17)6-7-13(14)16(20)22/h6-7,9,11H,2-5,8,10H2,1H3,(H,18,21). The van der Waals surface area contributed by atoms with Gasteiger partial charge in [0, 0.05) is 12.6 Å². The minimum Gasteiger partial charge on any atom is -0.355 e. The molecule has 22 heavy (non-hydrogen) atoms. The molecule has 0 fully saturated rings. The van der Waals surface area contributed by atoms with Crippen LogP contribution in [-0.4, -0.2) is 22.0 Å². The predicted octanol–water partition coefficient (Wildman–Crippen LogP) is 2.23. The van der Waals surface area contributed by atoms with Gasteiger partial charge in [0.05, 0.1) is 17.2 Å². The molecule has 0 radical (unpaired) electrons. The zero-order valence-electron chi connectivity index (χ0n) is 12.6. The second kappa shape index (κ2) is 7.68. The first-order chi connectivity index (χ1) is 10.6. The second-order valence-electron chi connectivity index (χ2n) is 5.25. The fourth-order valence-corrected chi connectivity index (χ4v) is 2.23. The number of hydrogen-bond acceptors (Lipinski definition) is 3. The van der Waals surface area contributed by atoms with Gasteiger partial charge in [-0.1, -0.05) is 26.2 Å². The SMILES string of the molecule is CCCCCCNC(=O)Cn1cnc2cc(F)ccc2c1=O. The lowest BCUT2D eigenvalue weighted by Gasteiger charge is -2.08. The Bertz CT molecular complexity index is 712. The summed E-state index contributed by atoms with van der Waals surface area (Å²) < 4.78 is 14.3. The maximum atomic E-state index is 13.1. The van der Waals surface area contributed by atoms with Gasteiger partial charge < -0.3 is 5.32 Å². The van der Waals surface area contributed by atoms with Crippen LogP contribution in [0.1, 0.15) is 32.6 Å². The molecule has 0 aliphatic heterocycles. The van der Waals surface area contributed by atoms with Crippen molar-refractivity contribution in [1.82, 2.24) is 14.9 Å². The lowest BCUT2D eigenvalue weighted by atomic mass is 10.2.